The highest BCUT2D eigenvalue weighted by atomic mass is 16.5. The minimum atomic E-state index is -0.531. The van der Waals surface area contributed by atoms with Gasteiger partial charge in [-0.3, -0.25) is 4.79 Å². The Labute approximate surface area is 150 Å². The highest BCUT2D eigenvalue weighted by Crippen LogP contribution is 2.18. The molecule has 4 nitrogen and oxygen atoms in total. The molecule has 1 N–H and O–H groups in total. The van der Waals surface area contributed by atoms with Crippen LogP contribution in [0.4, 0.5) is 5.69 Å². The van der Waals surface area contributed by atoms with E-state index in [1.165, 1.54) is 5.69 Å². The van der Waals surface area contributed by atoms with Crippen LogP contribution in [0.1, 0.15) is 31.9 Å². The lowest BCUT2D eigenvalue weighted by molar-refractivity contribution is -0.127. The number of hydrogen-bond donors (Lipinski definition) is 1. The molecule has 0 aliphatic carbocycles. The SMILES string of the molecule is CCN(CC)c1ccc(CNC(=O)[C@@H](C)Oc2ccccc2C)cc1. The molecule has 0 saturated heterocycles. The molecule has 0 aliphatic heterocycles. The lowest BCUT2D eigenvalue weighted by Gasteiger charge is -2.21. The molecule has 0 aliphatic rings. The molecule has 2 aromatic rings. The molecule has 0 bridgehead atoms. The number of hydrogen-bond acceptors (Lipinski definition) is 3. The zero-order valence-corrected chi connectivity index (χ0v) is 15.6. The van der Waals surface area contributed by atoms with Crippen LogP contribution in [0.15, 0.2) is 48.5 Å². The van der Waals surface area contributed by atoms with Crippen LogP contribution in [0.3, 0.4) is 0 Å². The number of anilines is 1. The second-order valence-corrected chi connectivity index (χ2v) is 6.08. The van der Waals surface area contributed by atoms with Gasteiger partial charge in [-0.1, -0.05) is 30.3 Å². The number of amides is 1. The molecule has 2 rings (SSSR count). The largest absolute Gasteiger partial charge is 0.481 e. The Balaban J connectivity index is 1.88. The molecule has 0 radical (unpaired) electrons. The monoisotopic (exact) mass is 340 g/mol. The third-order valence-electron chi connectivity index (χ3n) is 4.30. The number of para-hydroxylation sites is 1. The van der Waals surface area contributed by atoms with Crippen LogP contribution >= 0.6 is 0 Å². The van der Waals surface area contributed by atoms with Gasteiger partial charge in [0.1, 0.15) is 5.75 Å². The molecule has 0 aromatic heterocycles. The fraction of sp³-hybridized carbons (Fsp3) is 0.381. The van der Waals surface area contributed by atoms with Crippen molar-refractivity contribution in [3.05, 3.63) is 59.7 Å². The lowest BCUT2D eigenvalue weighted by atomic mass is 10.2. The van der Waals surface area contributed by atoms with Gasteiger partial charge >= 0.3 is 0 Å². The average Bonchev–Trinajstić information content (AvgIpc) is 2.63. The van der Waals surface area contributed by atoms with Crippen molar-refractivity contribution < 1.29 is 9.53 Å². The minimum Gasteiger partial charge on any atom is -0.481 e. The Morgan fingerprint density at radius 2 is 1.72 bits per heavy atom. The Morgan fingerprint density at radius 3 is 2.32 bits per heavy atom. The van der Waals surface area contributed by atoms with Crippen LogP contribution in [0.2, 0.25) is 0 Å². The highest BCUT2D eigenvalue weighted by Gasteiger charge is 2.15. The van der Waals surface area contributed by atoms with Gasteiger partial charge in [-0.2, -0.15) is 0 Å². The molecule has 0 spiro atoms. The van der Waals surface area contributed by atoms with Crippen molar-refractivity contribution in [1.82, 2.24) is 5.32 Å². The molecular weight excluding hydrogens is 312 g/mol. The fourth-order valence-electron chi connectivity index (χ4n) is 2.68. The summed E-state index contributed by atoms with van der Waals surface area (Å²) in [6.07, 6.45) is -0.531. The van der Waals surface area contributed by atoms with Gasteiger partial charge in [0.05, 0.1) is 0 Å². The van der Waals surface area contributed by atoms with Crippen molar-refractivity contribution in [2.75, 3.05) is 18.0 Å². The molecule has 4 heteroatoms. The Kier molecular flexibility index (Phi) is 6.87. The van der Waals surface area contributed by atoms with E-state index in [9.17, 15) is 4.79 Å². The molecule has 25 heavy (non-hydrogen) atoms. The summed E-state index contributed by atoms with van der Waals surface area (Å²) >= 11 is 0. The summed E-state index contributed by atoms with van der Waals surface area (Å²) in [5.41, 5.74) is 3.30. The second-order valence-electron chi connectivity index (χ2n) is 6.08. The van der Waals surface area contributed by atoms with E-state index in [-0.39, 0.29) is 5.91 Å². The first-order valence-corrected chi connectivity index (χ1v) is 8.89. The first kappa shape index (κ1) is 18.8. The summed E-state index contributed by atoms with van der Waals surface area (Å²) in [4.78, 5) is 14.5. The summed E-state index contributed by atoms with van der Waals surface area (Å²) in [7, 11) is 0. The molecule has 0 saturated carbocycles. The Morgan fingerprint density at radius 1 is 1.08 bits per heavy atom. The van der Waals surface area contributed by atoms with Crippen molar-refractivity contribution in [2.24, 2.45) is 0 Å². The van der Waals surface area contributed by atoms with Crippen LogP contribution in [-0.2, 0) is 11.3 Å². The standard InChI is InChI=1S/C21H28N2O2/c1-5-23(6-2)19-13-11-18(12-14-19)15-22-21(24)17(4)25-20-10-8-7-9-16(20)3/h7-14,17H,5-6,15H2,1-4H3,(H,22,24)/t17-/m1/s1. The smallest absolute Gasteiger partial charge is 0.261 e. The van der Waals surface area contributed by atoms with Crippen LogP contribution < -0.4 is 15.0 Å². The zero-order valence-electron chi connectivity index (χ0n) is 15.6. The number of nitrogens with zero attached hydrogens (tertiary/aromatic N) is 1. The summed E-state index contributed by atoms with van der Waals surface area (Å²) < 4.78 is 5.76. The van der Waals surface area contributed by atoms with Crippen molar-refractivity contribution in [1.29, 1.82) is 0 Å². The molecule has 134 valence electrons. The van der Waals surface area contributed by atoms with Gasteiger partial charge in [-0.05, 0) is 57.0 Å². The third-order valence-corrected chi connectivity index (χ3v) is 4.30. The van der Waals surface area contributed by atoms with Crippen molar-refractivity contribution in [2.45, 2.75) is 40.3 Å². The lowest BCUT2D eigenvalue weighted by Crippen LogP contribution is -2.36. The first-order chi connectivity index (χ1) is 12.0. The number of rotatable bonds is 8. The molecular formula is C21H28N2O2. The van der Waals surface area contributed by atoms with Gasteiger partial charge in [0.15, 0.2) is 6.10 Å². The van der Waals surface area contributed by atoms with Gasteiger partial charge in [0.2, 0.25) is 0 Å². The van der Waals surface area contributed by atoms with E-state index in [4.69, 9.17) is 4.74 Å². The number of carbonyl (C=O) groups is 1. The molecule has 1 amide bonds. The highest BCUT2D eigenvalue weighted by molar-refractivity contribution is 5.80. The van der Waals surface area contributed by atoms with E-state index >= 15 is 0 Å². The van der Waals surface area contributed by atoms with Crippen molar-refractivity contribution in [3.63, 3.8) is 0 Å². The summed E-state index contributed by atoms with van der Waals surface area (Å²) in [5, 5.41) is 2.94. The maximum Gasteiger partial charge on any atom is 0.261 e. The van der Waals surface area contributed by atoms with E-state index < -0.39 is 6.10 Å². The van der Waals surface area contributed by atoms with Gasteiger partial charge in [0, 0.05) is 25.3 Å². The maximum atomic E-state index is 12.3. The van der Waals surface area contributed by atoms with Gasteiger partial charge in [-0.15, -0.1) is 0 Å². The van der Waals surface area contributed by atoms with Crippen LogP contribution in [0.25, 0.3) is 0 Å². The average molecular weight is 340 g/mol. The topological polar surface area (TPSA) is 41.6 Å². The summed E-state index contributed by atoms with van der Waals surface area (Å²) in [5.74, 6) is 0.629. The maximum absolute atomic E-state index is 12.3. The number of aryl methyl sites for hydroxylation is 1. The molecule has 0 unspecified atom stereocenters. The number of ether oxygens (including phenoxy) is 1. The molecule has 2 aromatic carbocycles. The van der Waals surface area contributed by atoms with E-state index in [0.717, 1.165) is 30.0 Å². The first-order valence-electron chi connectivity index (χ1n) is 8.89. The quantitative estimate of drug-likeness (QED) is 0.792. The third kappa shape index (κ3) is 5.24. The van der Waals surface area contributed by atoms with E-state index in [1.807, 2.05) is 31.2 Å². The summed E-state index contributed by atoms with van der Waals surface area (Å²) in [6, 6.07) is 16.0. The Hall–Kier alpha value is -2.49. The van der Waals surface area contributed by atoms with E-state index in [0.29, 0.717) is 6.54 Å². The number of carbonyl (C=O) groups excluding carboxylic acids is 1. The summed E-state index contributed by atoms with van der Waals surface area (Å²) in [6.45, 7) is 10.5. The fourth-order valence-corrected chi connectivity index (χ4v) is 2.68. The minimum absolute atomic E-state index is 0.115. The predicted molar refractivity (Wildman–Crippen MR) is 103 cm³/mol. The zero-order chi connectivity index (χ0) is 18.2. The van der Waals surface area contributed by atoms with Gasteiger partial charge in [-0.25, -0.2) is 0 Å². The molecule has 1 atom stereocenters. The van der Waals surface area contributed by atoms with Gasteiger partial charge < -0.3 is 15.0 Å². The van der Waals surface area contributed by atoms with Crippen LogP contribution in [-0.4, -0.2) is 25.1 Å². The Bertz CT molecular complexity index is 679. The van der Waals surface area contributed by atoms with Crippen molar-refractivity contribution in [3.8, 4) is 5.75 Å². The van der Waals surface area contributed by atoms with E-state index in [2.05, 4.69) is 48.3 Å². The molecule has 0 heterocycles. The normalized spacial score (nSPS) is 11.7. The van der Waals surface area contributed by atoms with Crippen molar-refractivity contribution >= 4 is 11.6 Å². The van der Waals surface area contributed by atoms with Crippen LogP contribution in [0, 0.1) is 6.92 Å². The number of nitrogens with one attached hydrogen (secondary N) is 1. The number of benzene rings is 2. The predicted octanol–water partition coefficient (Wildman–Crippen LogP) is 3.92. The molecule has 0 fully saturated rings. The van der Waals surface area contributed by atoms with E-state index in [1.54, 1.807) is 6.92 Å². The van der Waals surface area contributed by atoms with Crippen LogP contribution in [0.5, 0.6) is 5.75 Å². The van der Waals surface area contributed by atoms with Gasteiger partial charge in [0.25, 0.3) is 5.91 Å². The second kappa shape index (κ2) is 9.11.